The van der Waals surface area contributed by atoms with Crippen molar-refractivity contribution >= 4 is 5.91 Å². The van der Waals surface area contributed by atoms with Gasteiger partial charge in [0, 0.05) is 6.54 Å². The fraction of sp³-hybridized carbons (Fsp3) is 0.889. The van der Waals surface area contributed by atoms with Crippen LogP contribution in [0.15, 0.2) is 0 Å². The Balaban J connectivity index is 2.72. The Hall–Kier alpha value is -0.570. The number of amides is 1. The van der Waals surface area contributed by atoms with Gasteiger partial charge in [-0.05, 0) is 25.9 Å². The highest BCUT2D eigenvalue weighted by Crippen LogP contribution is 2.34. The van der Waals surface area contributed by atoms with Crippen molar-refractivity contribution in [3.63, 3.8) is 0 Å². The predicted molar refractivity (Wildman–Crippen MR) is 48.6 cm³/mol. The lowest BCUT2D eigenvalue weighted by Gasteiger charge is -2.41. The van der Waals surface area contributed by atoms with Crippen LogP contribution in [-0.4, -0.2) is 30.9 Å². The first kappa shape index (κ1) is 9.52. The van der Waals surface area contributed by atoms with E-state index in [2.05, 4.69) is 18.9 Å². The fourth-order valence-corrected chi connectivity index (χ4v) is 1.80. The summed E-state index contributed by atoms with van der Waals surface area (Å²) in [4.78, 5) is 13.4. The molecular formula is C9H18N2O. The molecule has 70 valence electrons. The molecule has 0 spiro atoms. The number of primary amides is 1. The van der Waals surface area contributed by atoms with Crippen molar-refractivity contribution < 1.29 is 4.79 Å². The highest BCUT2D eigenvalue weighted by Gasteiger charge is 2.40. The van der Waals surface area contributed by atoms with Crippen LogP contribution in [0.1, 0.15) is 20.3 Å². The number of hydrogen-bond donors (Lipinski definition) is 1. The second-order valence-electron chi connectivity index (χ2n) is 4.20. The average molecular weight is 170 g/mol. The molecule has 2 N–H and O–H groups in total. The summed E-state index contributed by atoms with van der Waals surface area (Å²) in [5.41, 5.74) is 5.09. The van der Waals surface area contributed by atoms with Crippen LogP contribution in [0.5, 0.6) is 0 Å². The molecule has 0 aromatic rings. The Kier molecular flexibility index (Phi) is 2.42. The van der Waals surface area contributed by atoms with E-state index >= 15 is 0 Å². The zero-order chi connectivity index (χ0) is 9.35. The standard InChI is InChI=1S/C9H18N2O/c1-7-6-11(3)5-4-9(7,2)8(10)12/h7H,4-6H2,1-3H3,(H2,10,12)/t7-,9+/m0/s1. The molecule has 1 amide bonds. The van der Waals surface area contributed by atoms with E-state index in [1.165, 1.54) is 0 Å². The zero-order valence-electron chi connectivity index (χ0n) is 8.13. The van der Waals surface area contributed by atoms with E-state index in [-0.39, 0.29) is 11.3 Å². The van der Waals surface area contributed by atoms with E-state index in [1.54, 1.807) is 0 Å². The summed E-state index contributed by atoms with van der Waals surface area (Å²) in [6.07, 6.45) is 0.889. The van der Waals surface area contributed by atoms with Crippen LogP contribution in [0.3, 0.4) is 0 Å². The van der Waals surface area contributed by atoms with Gasteiger partial charge < -0.3 is 10.6 Å². The first-order valence-corrected chi connectivity index (χ1v) is 4.45. The number of nitrogens with zero attached hydrogens (tertiary/aromatic N) is 1. The Bertz CT molecular complexity index is 193. The largest absolute Gasteiger partial charge is 0.369 e. The average Bonchev–Trinajstić information content (AvgIpc) is 1.97. The molecule has 1 aliphatic heterocycles. The molecule has 0 radical (unpaired) electrons. The lowest BCUT2D eigenvalue weighted by Crippen LogP contribution is -2.49. The van der Waals surface area contributed by atoms with Crippen LogP contribution < -0.4 is 5.73 Å². The summed E-state index contributed by atoms with van der Waals surface area (Å²) in [7, 11) is 2.08. The molecule has 3 nitrogen and oxygen atoms in total. The number of nitrogens with two attached hydrogens (primary N) is 1. The summed E-state index contributed by atoms with van der Waals surface area (Å²) < 4.78 is 0. The van der Waals surface area contributed by atoms with Gasteiger partial charge in [0.25, 0.3) is 0 Å². The van der Waals surface area contributed by atoms with Crippen LogP contribution in [0.2, 0.25) is 0 Å². The van der Waals surface area contributed by atoms with Crippen molar-refractivity contribution in [1.82, 2.24) is 4.90 Å². The van der Waals surface area contributed by atoms with Crippen LogP contribution in [0.25, 0.3) is 0 Å². The van der Waals surface area contributed by atoms with E-state index in [9.17, 15) is 4.79 Å². The second-order valence-corrected chi connectivity index (χ2v) is 4.20. The van der Waals surface area contributed by atoms with Gasteiger partial charge in [0.2, 0.25) is 5.91 Å². The molecule has 0 saturated carbocycles. The molecule has 12 heavy (non-hydrogen) atoms. The number of hydrogen-bond acceptors (Lipinski definition) is 2. The molecule has 0 aromatic heterocycles. The van der Waals surface area contributed by atoms with Crippen molar-refractivity contribution in [2.75, 3.05) is 20.1 Å². The Labute approximate surface area is 73.9 Å². The Morgan fingerprint density at radius 3 is 2.67 bits per heavy atom. The van der Waals surface area contributed by atoms with Crippen LogP contribution in [-0.2, 0) is 4.79 Å². The second kappa shape index (κ2) is 3.05. The Morgan fingerprint density at radius 1 is 1.67 bits per heavy atom. The third-order valence-electron chi connectivity index (χ3n) is 3.25. The number of rotatable bonds is 1. The third kappa shape index (κ3) is 1.46. The SMILES string of the molecule is C[C@H]1CN(C)CC[C@@]1(C)C(N)=O. The molecule has 0 aromatic carbocycles. The maximum absolute atomic E-state index is 11.2. The topological polar surface area (TPSA) is 46.3 Å². The van der Waals surface area contributed by atoms with E-state index in [0.717, 1.165) is 19.5 Å². The molecule has 3 heteroatoms. The molecule has 1 heterocycles. The lowest BCUT2D eigenvalue weighted by molar-refractivity contribution is -0.132. The Morgan fingerprint density at radius 2 is 2.25 bits per heavy atom. The summed E-state index contributed by atoms with van der Waals surface area (Å²) in [5, 5.41) is 0. The molecule has 0 unspecified atom stereocenters. The predicted octanol–water partition coefficient (Wildman–Crippen LogP) is 0.450. The highest BCUT2D eigenvalue weighted by atomic mass is 16.1. The van der Waals surface area contributed by atoms with Gasteiger partial charge in [-0.1, -0.05) is 13.8 Å². The quantitative estimate of drug-likeness (QED) is 0.621. The minimum absolute atomic E-state index is 0.150. The maximum Gasteiger partial charge on any atom is 0.223 e. The van der Waals surface area contributed by atoms with Gasteiger partial charge in [-0.25, -0.2) is 0 Å². The molecule has 1 aliphatic rings. The highest BCUT2D eigenvalue weighted by molar-refractivity contribution is 5.80. The molecule has 1 rings (SSSR count). The zero-order valence-corrected chi connectivity index (χ0v) is 8.13. The summed E-state index contributed by atoms with van der Waals surface area (Å²) in [6, 6.07) is 0. The number of piperidine rings is 1. The first-order chi connectivity index (χ1) is 5.47. The fourth-order valence-electron chi connectivity index (χ4n) is 1.80. The van der Waals surface area contributed by atoms with Gasteiger partial charge in [-0.15, -0.1) is 0 Å². The van der Waals surface area contributed by atoms with E-state index in [4.69, 9.17) is 5.73 Å². The van der Waals surface area contributed by atoms with Crippen molar-refractivity contribution in [3.8, 4) is 0 Å². The van der Waals surface area contributed by atoms with Gasteiger partial charge in [-0.3, -0.25) is 4.79 Å². The van der Waals surface area contributed by atoms with Crippen molar-refractivity contribution in [2.45, 2.75) is 20.3 Å². The van der Waals surface area contributed by atoms with Crippen LogP contribution in [0.4, 0.5) is 0 Å². The van der Waals surface area contributed by atoms with Gasteiger partial charge in [0.05, 0.1) is 5.41 Å². The first-order valence-electron chi connectivity index (χ1n) is 4.45. The van der Waals surface area contributed by atoms with Gasteiger partial charge in [0.1, 0.15) is 0 Å². The van der Waals surface area contributed by atoms with E-state index in [0.29, 0.717) is 5.92 Å². The van der Waals surface area contributed by atoms with Crippen LogP contribution in [0, 0.1) is 11.3 Å². The molecular weight excluding hydrogens is 152 g/mol. The molecule has 0 bridgehead atoms. The number of carbonyl (C=O) groups excluding carboxylic acids is 1. The summed E-state index contributed by atoms with van der Waals surface area (Å²) in [6.45, 7) is 6.02. The van der Waals surface area contributed by atoms with Crippen molar-refractivity contribution in [2.24, 2.45) is 17.1 Å². The minimum Gasteiger partial charge on any atom is -0.369 e. The van der Waals surface area contributed by atoms with Crippen LogP contribution >= 0.6 is 0 Å². The molecule has 1 saturated heterocycles. The molecule has 0 aliphatic carbocycles. The maximum atomic E-state index is 11.2. The van der Waals surface area contributed by atoms with E-state index in [1.807, 2.05) is 6.92 Å². The third-order valence-corrected chi connectivity index (χ3v) is 3.25. The molecule has 1 fully saturated rings. The molecule has 2 atom stereocenters. The minimum atomic E-state index is -0.285. The lowest BCUT2D eigenvalue weighted by atomic mass is 9.72. The smallest absolute Gasteiger partial charge is 0.223 e. The van der Waals surface area contributed by atoms with Crippen molar-refractivity contribution in [3.05, 3.63) is 0 Å². The monoisotopic (exact) mass is 170 g/mol. The van der Waals surface area contributed by atoms with Gasteiger partial charge in [-0.2, -0.15) is 0 Å². The number of likely N-dealkylation sites (tertiary alicyclic amines) is 1. The van der Waals surface area contributed by atoms with Gasteiger partial charge in [0.15, 0.2) is 0 Å². The number of carbonyl (C=O) groups is 1. The normalized spacial score (nSPS) is 38.1. The summed E-state index contributed by atoms with van der Waals surface area (Å²) in [5.74, 6) is 0.219. The van der Waals surface area contributed by atoms with Gasteiger partial charge >= 0.3 is 0 Å². The van der Waals surface area contributed by atoms with Crippen molar-refractivity contribution in [1.29, 1.82) is 0 Å². The van der Waals surface area contributed by atoms with E-state index < -0.39 is 0 Å². The summed E-state index contributed by atoms with van der Waals surface area (Å²) >= 11 is 0.